The Balaban J connectivity index is 1.80. The average molecular weight is 608 g/mol. The van der Waals surface area contributed by atoms with Gasteiger partial charge in [0.25, 0.3) is 0 Å². The van der Waals surface area contributed by atoms with Crippen molar-refractivity contribution in [2.45, 2.75) is 76.9 Å². The van der Waals surface area contributed by atoms with E-state index in [1.54, 1.807) is 12.1 Å². The molecule has 0 unspecified atom stereocenters. The molecule has 2 amide bonds. The zero-order valence-corrected chi connectivity index (χ0v) is 25.5. The fraction of sp³-hybridized carbons (Fsp3) is 0.452. The number of phenolic OH excluding ortho intramolecular Hbond substituents is 1. The largest absolute Gasteiger partial charge is 0.508 e. The number of carbonyl (C=O) groups excluding carboxylic acids is 2. The van der Waals surface area contributed by atoms with Crippen LogP contribution in [0.1, 0.15) is 72.1 Å². The molecule has 1 aromatic heterocycles. The van der Waals surface area contributed by atoms with Gasteiger partial charge in [-0.2, -0.15) is 4.98 Å². The van der Waals surface area contributed by atoms with Gasteiger partial charge in [-0.05, 0) is 93.3 Å². The molecule has 0 radical (unpaired) electrons. The van der Waals surface area contributed by atoms with Gasteiger partial charge in [0, 0.05) is 13.0 Å². The summed E-state index contributed by atoms with van der Waals surface area (Å²) in [6.45, 7) is 4.47. The van der Waals surface area contributed by atoms with Crippen molar-refractivity contribution >= 4 is 17.8 Å². The number of rotatable bonds is 17. The van der Waals surface area contributed by atoms with Gasteiger partial charge in [0.05, 0.1) is 6.04 Å². The summed E-state index contributed by atoms with van der Waals surface area (Å²) in [5, 5.41) is 19.9. The number of unbranched alkanes of at least 4 members (excludes halogenated alkanes) is 1. The molecule has 13 nitrogen and oxygen atoms in total. The Hall–Kier alpha value is -4.49. The van der Waals surface area contributed by atoms with Crippen LogP contribution < -0.4 is 33.6 Å². The Kier molecular flexibility index (Phi) is 13.1. The molecule has 11 N–H and O–H groups in total. The van der Waals surface area contributed by atoms with Crippen molar-refractivity contribution in [1.82, 2.24) is 20.8 Å². The maximum atomic E-state index is 13.8. The fourth-order valence-corrected chi connectivity index (χ4v) is 4.95. The molecule has 2 aromatic carbocycles. The second-order valence-electron chi connectivity index (χ2n) is 10.9. The highest BCUT2D eigenvalue weighted by Gasteiger charge is 2.28. The van der Waals surface area contributed by atoms with Crippen molar-refractivity contribution < 1.29 is 19.2 Å². The summed E-state index contributed by atoms with van der Waals surface area (Å²) >= 11 is 0. The number of carbonyl (C=O) groups is 2. The van der Waals surface area contributed by atoms with Crippen molar-refractivity contribution in [3.8, 4) is 5.75 Å². The van der Waals surface area contributed by atoms with Crippen molar-refractivity contribution in [2.75, 3.05) is 13.1 Å². The van der Waals surface area contributed by atoms with E-state index in [0.717, 1.165) is 35.1 Å². The quantitative estimate of drug-likeness (QED) is 0.0661. The molecule has 0 saturated carbocycles. The zero-order valence-electron chi connectivity index (χ0n) is 25.5. The Bertz CT molecular complexity index is 1370. The first kappa shape index (κ1) is 34.0. The first-order chi connectivity index (χ1) is 21.1. The van der Waals surface area contributed by atoms with Crippen LogP contribution in [0.2, 0.25) is 0 Å². The Labute approximate surface area is 257 Å². The lowest BCUT2D eigenvalue weighted by atomic mass is 9.95. The number of nitrogens with two attached hydrogens (primary N) is 4. The highest BCUT2D eigenvalue weighted by atomic mass is 16.5. The molecular weight excluding hydrogens is 562 g/mol. The van der Waals surface area contributed by atoms with E-state index in [2.05, 4.69) is 25.8 Å². The first-order valence-corrected chi connectivity index (χ1v) is 14.8. The van der Waals surface area contributed by atoms with Crippen LogP contribution in [0.25, 0.3) is 0 Å². The third kappa shape index (κ3) is 10.7. The summed E-state index contributed by atoms with van der Waals surface area (Å²) in [6.07, 6.45) is 3.42. The average Bonchev–Trinajstić information content (AvgIpc) is 3.43. The number of hydrogen-bond donors (Lipinski definition) is 7. The van der Waals surface area contributed by atoms with Gasteiger partial charge in [-0.15, -0.1) is 0 Å². The zero-order chi connectivity index (χ0) is 32.1. The third-order valence-corrected chi connectivity index (χ3v) is 7.32. The topological polar surface area (TPSA) is 234 Å². The van der Waals surface area contributed by atoms with Gasteiger partial charge in [0.15, 0.2) is 11.8 Å². The van der Waals surface area contributed by atoms with Gasteiger partial charge in [-0.25, -0.2) is 0 Å². The second-order valence-corrected chi connectivity index (χ2v) is 10.9. The van der Waals surface area contributed by atoms with E-state index >= 15 is 0 Å². The predicted octanol–water partition coefficient (Wildman–Crippen LogP) is 1.38. The summed E-state index contributed by atoms with van der Waals surface area (Å²) in [4.78, 5) is 35.3. The molecule has 44 heavy (non-hydrogen) atoms. The molecule has 0 bridgehead atoms. The van der Waals surface area contributed by atoms with Gasteiger partial charge in [0.1, 0.15) is 17.8 Å². The molecule has 1 heterocycles. The smallest absolute Gasteiger partial charge is 0.249 e. The predicted molar refractivity (Wildman–Crippen MR) is 168 cm³/mol. The SMILES string of the molecule is Cc1cc(O)cc(C)c1CC[C@H](NC(=O)[C@H](N)CCN=C(N)N)C(=O)N[C@@H](CCCCN)c1nc(Cc2ccccc2)no1. The normalized spacial score (nSPS) is 13.1. The van der Waals surface area contributed by atoms with E-state index in [1.165, 1.54) is 0 Å². The molecule has 13 heteroatoms. The molecule has 0 saturated heterocycles. The van der Waals surface area contributed by atoms with Crippen LogP contribution in [0.3, 0.4) is 0 Å². The summed E-state index contributed by atoms with van der Waals surface area (Å²) in [5.74, 6) is -0.0560. The Morgan fingerprint density at radius 3 is 2.36 bits per heavy atom. The van der Waals surface area contributed by atoms with Gasteiger partial charge < -0.3 is 43.2 Å². The van der Waals surface area contributed by atoms with Gasteiger partial charge in [-0.1, -0.05) is 35.5 Å². The van der Waals surface area contributed by atoms with E-state index in [0.29, 0.717) is 31.6 Å². The number of phenols is 1. The van der Waals surface area contributed by atoms with Gasteiger partial charge in [-0.3, -0.25) is 14.6 Å². The van der Waals surface area contributed by atoms with E-state index in [1.807, 2.05) is 44.2 Å². The van der Waals surface area contributed by atoms with Crippen molar-refractivity contribution in [3.63, 3.8) is 0 Å². The molecule has 0 spiro atoms. The highest BCUT2D eigenvalue weighted by Crippen LogP contribution is 2.23. The molecule has 3 aromatic rings. The van der Waals surface area contributed by atoms with Crippen LogP contribution in [0.15, 0.2) is 52.0 Å². The third-order valence-electron chi connectivity index (χ3n) is 7.32. The van der Waals surface area contributed by atoms with Crippen molar-refractivity contribution in [3.05, 3.63) is 76.4 Å². The lowest BCUT2D eigenvalue weighted by Gasteiger charge is -2.24. The van der Waals surface area contributed by atoms with Crippen molar-refractivity contribution in [2.24, 2.45) is 27.9 Å². The van der Waals surface area contributed by atoms with Crippen LogP contribution in [-0.4, -0.2) is 58.2 Å². The molecule has 0 aliphatic heterocycles. The second kappa shape index (κ2) is 17.0. The van der Waals surface area contributed by atoms with E-state index in [-0.39, 0.29) is 37.0 Å². The number of amides is 2. The highest BCUT2D eigenvalue weighted by molar-refractivity contribution is 5.89. The molecule has 3 atom stereocenters. The summed E-state index contributed by atoms with van der Waals surface area (Å²) in [7, 11) is 0. The number of aliphatic imine (C=N–C) groups is 1. The summed E-state index contributed by atoms with van der Waals surface area (Å²) in [5.41, 5.74) is 26.4. The Morgan fingerprint density at radius 1 is 1.00 bits per heavy atom. The number of aromatic hydroxyl groups is 1. The monoisotopic (exact) mass is 607 g/mol. The van der Waals surface area contributed by atoms with Gasteiger partial charge in [0.2, 0.25) is 17.7 Å². The van der Waals surface area contributed by atoms with E-state index < -0.39 is 29.9 Å². The number of nitrogens with zero attached hydrogens (tertiary/aromatic N) is 3. The molecule has 238 valence electrons. The van der Waals surface area contributed by atoms with Gasteiger partial charge >= 0.3 is 0 Å². The first-order valence-electron chi connectivity index (χ1n) is 14.8. The number of guanidine groups is 1. The molecule has 0 aliphatic rings. The van der Waals surface area contributed by atoms with Crippen LogP contribution in [0, 0.1) is 13.8 Å². The lowest BCUT2D eigenvalue weighted by molar-refractivity contribution is -0.130. The number of aryl methyl sites for hydroxylation is 2. The molecule has 3 rings (SSSR count). The van der Waals surface area contributed by atoms with Crippen molar-refractivity contribution in [1.29, 1.82) is 0 Å². The van der Waals surface area contributed by atoms with E-state index in [4.69, 9.17) is 27.5 Å². The van der Waals surface area contributed by atoms with Crippen LogP contribution >= 0.6 is 0 Å². The number of benzene rings is 2. The minimum absolute atomic E-state index is 0.0943. The standard InChI is InChI=1S/C31H45N9O4/c1-19-16-22(41)17-20(2)23(19)11-12-25(37-28(42)24(33)13-15-36-31(34)35)29(43)38-26(10-6-7-14-32)30-39-27(40-44-30)18-21-8-4-3-5-9-21/h3-5,8-9,16-17,24-26,41H,6-7,10-15,18,32-33H2,1-2H3,(H,37,42)(H,38,43)(H4,34,35,36)/t24-,25+,26+/m1/s1. The number of aromatic nitrogens is 2. The fourth-order valence-electron chi connectivity index (χ4n) is 4.95. The molecule has 0 fully saturated rings. The Morgan fingerprint density at radius 2 is 1.70 bits per heavy atom. The summed E-state index contributed by atoms with van der Waals surface area (Å²) in [6, 6.07) is 10.7. The molecular formula is C31H45N9O4. The minimum Gasteiger partial charge on any atom is -0.508 e. The number of hydrogen-bond acceptors (Lipinski definition) is 9. The lowest BCUT2D eigenvalue weighted by Crippen LogP contribution is -2.52. The molecule has 0 aliphatic carbocycles. The number of nitrogens with one attached hydrogen (secondary N) is 2. The maximum absolute atomic E-state index is 13.8. The maximum Gasteiger partial charge on any atom is 0.249 e. The van der Waals surface area contributed by atoms with E-state index in [9.17, 15) is 14.7 Å². The van der Waals surface area contributed by atoms with Crippen LogP contribution in [0.5, 0.6) is 5.75 Å². The van der Waals surface area contributed by atoms with Crippen LogP contribution in [0.4, 0.5) is 0 Å². The van der Waals surface area contributed by atoms with Crippen LogP contribution in [-0.2, 0) is 22.4 Å². The minimum atomic E-state index is -0.928. The summed E-state index contributed by atoms with van der Waals surface area (Å²) < 4.78 is 5.59.